The Labute approximate surface area is 95.4 Å². The molecule has 1 heteroatoms. The molecule has 0 spiro atoms. The fourth-order valence-corrected chi connectivity index (χ4v) is 2.61. The molecule has 80 valence electrons. The molecule has 0 saturated heterocycles. The second-order valence-electron chi connectivity index (χ2n) is 4.34. The Bertz CT molecular complexity index is 490. The average Bonchev–Trinajstić information content (AvgIpc) is 2.69. The summed E-state index contributed by atoms with van der Waals surface area (Å²) < 4.78 is 0. The number of aliphatic hydroxyl groups is 1. The SMILES string of the molecule is O[C@H]1CC(c2ccccc2)c2ccccc21. The van der Waals surface area contributed by atoms with Crippen LogP contribution in [0.25, 0.3) is 0 Å². The van der Waals surface area contributed by atoms with Crippen molar-refractivity contribution in [3.63, 3.8) is 0 Å². The van der Waals surface area contributed by atoms with Crippen molar-refractivity contribution in [3.8, 4) is 0 Å². The van der Waals surface area contributed by atoms with Crippen LogP contribution in [0.3, 0.4) is 0 Å². The van der Waals surface area contributed by atoms with Crippen molar-refractivity contribution in [2.24, 2.45) is 0 Å². The van der Waals surface area contributed by atoms with E-state index in [4.69, 9.17) is 0 Å². The van der Waals surface area contributed by atoms with E-state index in [-0.39, 0.29) is 6.10 Å². The van der Waals surface area contributed by atoms with Gasteiger partial charge >= 0.3 is 0 Å². The van der Waals surface area contributed by atoms with Crippen molar-refractivity contribution in [2.45, 2.75) is 18.4 Å². The highest BCUT2D eigenvalue weighted by Gasteiger charge is 2.29. The van der Waals surface area contributed by atoms with Crippen LogP contribution in [0.2, 0.25) is 0 Å². The maximum Gasteiger partial charge on any atom is 0.0802 e. The van der Waals surface area contributed by atoms with Crippen molar-refractivity contribution in [1.82, 2.24) is 0 Å². The molecular weight excluding hydrogens is 196 g/mol. The summed E-state index contributed by atoms with van der Waals surface area (Å²) in [7, 11) is 0. The highest BCUT2D eigenvalue weighted by molar-refractivity contribution is 5.43. The quantitative estimate of drug-likeness (QED) is 0.766. The van der Waals surface area contributed by atoms with Gasteiger partial charge in [0.2, 0.25) is 0 Å². The summed E-state index contributed by atoms with van der Waals surface area (Å²) >= 11 is 0. The lowest BCUT2D eigenvalue weighted by atomic mass is 9.93. The molecule has 0 fully saturated rings. The van der Waals surface area contributed by atoms with E-state index in [0.717, 1.165) is 12.0 Å². The van der Waals surface area contributed by atoms with Gasteiger partial charge in [0.05, 0.1) is 6.10 Å². The van der Waals surface area contributed by atoms with Crippen molar-refractivity contribution < 1.29 is 5.11 Å². The van der Waals surface area contributed by atoms with Gasteiger partial charge < -0.3 is 5.11 Å². The predicted octanol–water partition coefficient (Wildman–Crippen LogP) is 3.26. The summed E-state index contributed by atoms with van der Waals surface area (Å²) in [4.78, 5) is 0. The van der Waals surface area contributed by atoms with Crippen LogP contribution in [0.5, 0.6) is 0 Å². The maximum absolute atomic E-state index is 10.0. The molecule has 1 unspecified atom stereocenters. The third-order valence-corrected chi connectivity index (χ3v) is 3.39. The fraction of sp³-hybridized carbons (Fsp3) is 0.200. The summed E-state index contributed by atoms with van der Waals surface area (Å²) in [5, 5.41) is 10.0. The van der Waals surface area contributed by atoms with Gasteiger partial charge in [-0.2, -0.15) is 0 Å². The second kappa shape index (κ2) is 3.76. The van der Waals surface area contributed by atoms with Crippen LogP contribution >= 0.6 is 0 Å². The first-order valence-electron chi connectivity index (χ1n) is 5.68. The van der Waals surface area contributed by atoms with E-state index >= 15 is 0 Å². The third-order valence-electron chi connectivity index (χ3n) is 3.39. The lowest BCUT2D eigenvalue weighted by molar-refractivity contribution is 0.176. The highest BCUT2D eigenvalue weighted by atomic mass is 16.3. The molecule has 2 aromatic rings. The minimum absolute atomic E-state index is 0.304. The third kappa shape index (κ3) is 1.44. The molecule has 1 N–H and O–H groups in total. The molecule has 0 radical (unpaired) electrons. The summed E-state index contributed by atoms with van der Waals surface area (Å²) in [6, 6.07) is 18.6. The van der Waals surface area contributed by atoms with Crippen LogP contribution in [-0.4, -0.2) is 5.11 Å². The zero-order valence-corrected chi connectivity index (χ0v) is 9.01. The Morgan fingerprint density at radius 3 is 2.19 bits per heavy atom. The molecular formula is C15H14O. The Morgan fingerprint density at radius 1 is 0.812 bits per heavy atom. The fourth-order valence-electron chi connectivity index (χ4n) is 2.61. The van der Waals surface area contributed by atoms with Gasteiger partial charge in [-0.1, -0.05) is 54.6 Å². The summed E-state index contributed by atoms with van der Waals surface area (Å²) in [6.45, 7) is 0. The first-order valence-corrected chi connectivity index (χ1v) is 5.68. The molecule has 0 bridgehead atoms. The zero-order valence-electron chi connectivity index (χ0n) is 9.01. The molecule has 0 heterocycles. The first kappa shape index (κ1) is 9.61. The van der Waals surface area contributed by atoms with Crippen LogP contribution in [0.15, 0.2) is 54.6 Å². The molecule has 1 aliphatic carbocycles. The lowest BCUT2D eigenvalue weighted by Crippen LogP contribution is -1.95. The smallest absolute Gasteiger partial charge is 0.0802 e. The van der Waals surface area contributed by atoms with E-state index in [1.807, 2.05) is 24.3 Å². The van der Waals surface area contributed by atoms with Crippen LogP contribution in [-0.2, 0) is 0 Å². The van der Waals surface area contributed by atoms with Crippen LogP contribution in [0.4, 0.5) is 0 Å². The first-order chi connectivity index (χ1) is 7.86. The molecule has 0 amide bonds. The number of hydrogen-bond acceptors (Lipinski definition) is 1. The zero-order chi connectivity index (χ0) is 11.0. The van der Waals surface area contributed by atoms with E-state index in [0.29, 0.717) is 5.92 Å². The van der Waals surface area contributed by atoms with E-state index in [9.17, 15) is 5.11 Å². The Balaban J connectivity index is 2.07. The number of fused-ring (bicyclic) bond motifs is 1. The molecule has 16 heavy (non-hydrogen) atoms. The predicted molar refractivity (Wildman–Crippen MR) is 64.3 cm³/mol. The standard InChI is InChI=1S/C15H14O/c16-15-10-14(11-6-2-1-3-7-11)12-8-4-5-9-13(12)15/h1-9,14-16H,10H2/t14?,15-/m0/s1. The molecule has 0 aromatic heterocycles. The van der Waals surface area contributed by atoms with E-state index < -0.39 is 0 Å². The number of benzene rings is 2. The molecule has 1 nitrogen and oxygen atoms in total. The second-order valence-corrected chi connectivity index (χ2v) is 4.34. The Kier molecular flexibility index (Phi) is 2.26. The van der Waals surface area contributed by atoms with Crippen molar-refractivity contribution >= 4 is 0 Å². The Morgan fingerprint density at radius 2 is 1.44 bits per heavy atom. The van der Waals surface area contributed by atoms with E-state index in [1.54, 1.807) is 0 Å². The number of hydrogen-bond donors (Lipinski definition) is 1. The molecule has 0 saturated carbocycles. The highest BCUT2D eigenvalue weighted by Crippen LogP contribution is 2.43. The minimum Gasteiger partial charge on any atom is -0.388 e. The average molecular weight is 210 g/mol. The minimum atomic E-state index is -0.304. The Hall–Kier alpha value is -1.60. The van der Waals surface area contributed by atoms with Gasteiger partial charge in [0.15, 0.2) is 0 Å². The number of rotatable bonds is 1. The van der Waals surface area contributed by atoms with Gasteiger partial charge in [0, 0.05) is 5.92 Å². The van der Waals surface area contributed by atoms with Gasteiger partial charge in [-0.15, -0.1) is 0 Å². The van der Waals surface area contributed by atoms with Crippen LogP contribution < -0.4 is 0 Å². The number of aliphatic hydroxyl groups excluding tert-OH is 1. The summed E-state index contributed by atoms with van der Waals surface area (Å²) in [5.74, 6) is 0.354. The maximum atomic E-state index is 10.0. The van der Waals surface area contributed by atoms with Gasteiger partial charge in [0.25, 0.3) is 0 Å². The van der Waals surface area contributed by atoms with Gasteiger partial charge in [-0.25, -0.2) is 0 Å². The topological polar surface area (TPSA) is 20.2 Å². The van der Waals surface area contributed by atoms with Crippen molar-refractivity contribution in [2.75, 3.05) is 0 Å². The van der Waals surface area contributed by atoms with Crippen LogP contribution in [0, 0.1) is 0 Å². The lowest BCUT2D eigenvalue weighted by Gasteiger charge is -2.11. The molecule has 2 atom stereocenters. The van der Waals surface area contributed by atoms with Crippen molar-refractivity contribution in [1.29, 1.82) is 0 Å². The molecule has 2 aromatic carbocycles. The summed E-state index contributed by atoms with van der Waals surface area (Å²) in [5.41, 5.74) is 3.67. The van der Waals surface area contributed by atoms with Crippen molar-refractivity contribution in [3.05, 3.63) is 71.3 Å². The monoisotopic (exact) mass is 210 g/mol. The van der Waals surface area contributed by atoms with Gasteiger partial charge in [0.1, 0.15) is 0 Å². The van der Waals surface area contributed by atoms with E-state index in [1.165, 1.54) is 11.1 Å². The normalized spacial score (nSPS) is 23.1. The molecule has 1 aliphatic rings. The summed E-state index contributed by atoms with van der Waals surface area (Å²) in [6.07, 6.45) is 0.505. The van der Waals surface area contributed by atoms with Gasteiger partial charge in [-0.05, 0) is 23.1 Å². The van der Waals surface area contributed by atoms with Crippen LogP contribution in [0.1, 0.15) is 35.1 Å². The van der Waals surface area contributed by atoms with E-state index in [2.05, 4.69) is 30.3 Å². The van der Waals surface area contributed by atoms with Gasteiger partial charge in [-0.3, -0.25) is 0 Å². The molecule has 3 rings (SSSR count). The molecule has 0 aliphatic heterocycles. The largest absolute Gasteiger partial charge is 0.388 e.